The van der Waals surface area contributed by atoms with E-state index >= 15 is 0 Å². The topological polar surface area (TPSA) is 44.5 Å². The molecule has 3 rings (SSSR count). The minimum absolute atomic E-state index is 0.150. The highest BCUT2D eigenvalue weighted by atomic mass is 19.1. The van der Waals surface area contributed by atoms with E-state index in [-0.39, 0.29) is 5.69 Å². The first-order valence-corrected chi connectivity index (χ1v) is 6.20. The third kappa shape index (κ3) is 2.21. The second-order valence-corrected chi connectivity index (χ2v) is 4.41. The van der Waals surface area contributed by atoms with Gasteiger partial charge in [0, 0.05) is 12.0 Å². The van der Waals surface area contributed by atoms with Gasteiger partial charge in [0.1, 0.15) is 5.82 Å². The number of hydrogen-bond donors (Lipinski definition) is 1. The second kappa shape index (κ2) is 4.80. The molecule has 0 bridgehead atoms. The zero-order valence-corrected chi connectivity index (χ0v) is 10.4. The molecule has 0 saturated carbocycles. The monoisotopic (exact) mass is 259 g/mol. The molecule has 3 nitrogen and oxygen atoms in total. The number of rotatable bonds is 1. The van der Waals surface area contributed by atoms with Crippen molar-refractivity contribution in [1.29, 1.82) is 0 Å². The van der Waals surface area contributed by atoms with Crippen molar-refractivity contribution >= 4 is 5.69 Å². The van der Waals surface area contributed by atoms with Gasteiger partial charge in [0.25, 0.3) is 0 Å². The molecule has 0 radical (unpaired) electrons. The standard InChI is InChI=1S/C15H14FNO2/c16-12-4-1-3-11(15(12)17)10-5-6-13-14(9-10)19-8-2-7-18-13/h1,3-6,9H,2,7-8,17H2. The molecular formula is C15H14FNO2. The smallest absolute Gasteiger partial charge is 0.161 e. The Kier molecular flexibility index (Phi) is 2.99. The summed E-state index contributed by atoms with van der Waals surface area (Å²) in [6.07, 6.45) is 0.853. The molecule has 1 aliphatic rings. The van der Waals surface area contributed by atoms with Gasteiger partial charge in [-0.05, 0) is 23.8 Å². The van der Waals surface area contributed by atoms with Gasteiger partial charge in [0.15, 0.2) is 11.5 Å². The largest absolute Gasteiger partial charge is 0.490 e. The van der Waals surface area contributed by atoms with Gasteiger partial charge in [0.05, 0.1) is 18.9 Å². The van der Waals surface area contributed by atoms with Gasteiger partial charge in [0.2, 0.25) is 0 Å². The minimum atomic E-state index is -0.412. The zero-order valence-electron chi connectivity index (χ0n) is 10.4. The van der Waals surface area contributed by atoms with Crippen molar-refractivity contribution in [2.45, 2.75) is 6.42 Å². The van der Waals surface area contributed by atoms with Gasteiger partial charge in [-0.2, -0.15) is 0 Å². The first kappa shape index (κ1) is 11.8. The number of ether oxygens (including phenoxy) is 2. The Morgan fingerprint density at radius 2 is 1.79 bits per heavy atom. The lowest BCUT2D eigenvalue weighted by molar-refractivity contribution is 0.297. The number of anilines is 1. The van der Waals surface area contributed by atoms with E-state index in [1.807, 2.05) is 18.2 Å². The van der Waals surface area contributed by atoms with Crippen molar-refractivity contribution in [2.24, 2.45) is 0 Å². The quantitative estimate of drug-likeness (QED) is 0.800. The van der Waals surface area contributed by atoms with Gasteiger partial charge in [-0.1, -0.05) is 18.2 Å². The molecule has 0 spiro atoms. The highest BCUT2D eigenvalue weighted by Crippen LogP contribution is 2.36. The van der Waals surface area contributed by atoms with E-state index in [2.05, 4.69) is 0 Å². The maximum Gasteiger partial charge on any atom is 0.161 e. The lowest BCUT2D eigenvalue weighted by Gasteiger charge is -2.11. The molecule has 98 valence electrons. The second-order valence-electron chi connectivity index (χ2n) is 4.41. The van der Waals surface area contributed by atoms with E-state index < -0.39 is 5.82 Å². The lowest BCUT2D eigenvalue weighted by Crippen LogP contribution is -1.97. The van der Waals surface area contributed by atoms with E-state index in [4.69, 9.17) is 15.2 Å². The van der Waals surface area contributed by atoms with Crippen LogP contribution in [0, 0.1) is 5.82 Å². The van der Waals surface area contributed by atoms with Crippen molar-refractivity contribution < 1.29 is 13.9 Å². The Labute approximate surface area is 110 Å². The van der Waals surface area contributed by atoms with Crippen LogP contribution in [-0.4, -0.2) is 13.2 Å². The molecule has 1 heterocycles. The zero-order chi connectivity index (χ0) is 13.2. The molecule has 0 aromatic heterocycles. The van der Waals surface area contributed by atoms with E-state index in [1.165, 1.54) is 6.07 Å². The number of halogens is 1. The molecule has 2 aromatic carbocycles. The third-order valence-electron chi connectivity index (χ3n) is 3.11. The van der Waals surface area contributed by atoms with E-state index in [0.29, 0.717) is 24.5 Å². The fourth-order valence-corrected chi connectivity index (χ4v) is 2.12. The van der Waals surface area contributed by atoms with Crippen molar-refractivity contribution in [1.82, 2.24) is 0 Å². The maximum atomic E-state index is 13.5. The first-order chi connectivity index (χ1) is 9.25. The summed E-state index contributed by atoms with van der Waals surface area (Å²) in [5.41, 5.74) is 7.41. The van der Waals surface area contributed by atoms with Crippen LogP contribution in [0.2, 0.25) is 0 Å². The number of para-hydroxylation sites is 1. The van der Waals surface area contributed by atoms with Gasteiger partial charge in [-0.15, -0.1) is 0 Å². The van der Waals surface area contributed by atoms with Gasteiger partial charge in [-0.3, -0.25) is 0 Å². The Balaban J connectivity index is 2.06. The highest BCUT2D eigenvalue weighted by Gasteiger charge is 2.13. The summed E-state index contributed by atoms with van der Waals surface area (Å²) in [4.78, 5) is 0. The Hall–Kier alpha value is -2.23. The summed E-state index contributed by atoms with van der Waals surface area (Å²) in [6, 6.07) is 10.3. The Bertz CT molecular complexity index is 613. The molecule has 0 aliphatic carbocycles. The predicted molar refractivity (Wildman–Crippen MR) is 71.9 cm³/mol. The molecule has 4 heteroatoms. The van der Waals surface area contributed by atoms with Crippen LogP contribution < -0.4 is 15.2 Å². The van der Waals surface area contributed by atoms with Crippen LogP contribution in [0.3, 0.4) is 0 Å². The van der Waals surface area contributed by atoms with Crippen molar-refractivity contribution in [3.8, 4) is 22.6 Å². The molecule has 0 saturated heterocycles. The summed E-state index contributed by atoms with van der Waals surface area (Å²) >= 11 is 0. The van der Waals surface area contributed by atoms with Crippen molar-refractivity contribution in [3.63, 3.8) is 0 Å². The van der Waals surface area contributed by atoms with Crippen LogP contribution in [-0.2, 0) is 0 Å². The number of fused-ring (bicyclic) bond motifs is 1. The summed E-state index contributed by atoms with van der Waals surface area (Å²) in [5.74, 6) is 0.986. The van der Waals surface area contributed by atoms with Crippen LogP contribution in [0.1, 0.15) is 6.42 Å². The van der Waals surface area contributed by atoms with E-state index in [0.717, 1.165) is 17.7 Å². The van der Waals surface area contributed by atoms with Gasteiger partial charge in [-0.25, -0.2) is 4.39 Å². The number of benzene rings is 2. The summed E-state index contributed by atoms with van der Waals surface area (Å²) in [6.45, 7) is 1.27. The Morgan fingerprint density at radius 3 is 2.63 bits per heavy atom. The Morgan fingerprint density at radius 1 is 1.00 bits per heavy atom. The van der Waals surface area contributed by atoms with Crippen LogP contribution >= 0.6 is 0 Å². The molecular weight excluding hydrogens is 245 g/mol. The first-order valence-electron chi connectivity index (χ1n) is 6.20. The van der Waals surface area contributed by atoms with Crippen LogP contribution in [0.5, 0.6) is 11.5 Å². The molecule has 2 N–H and O–H groups in total. The fourth-order valence-electron chi connectivity index (χ4n) is 2.12. The average Bonchev–Trinajstić information content (AvgIpc) is 2.66. The van der Waals surface area contributed by atoms with Crippen molar-refractivity contribution in [2.75, 3.05) is 18.9 Å². The molecule has 1 aliphatic heterocycles. The molecule has 0 fully saturated rings. The average molecular weight is 259 g/mol. The van der Waals surface area contributed by atoms with E-state index in [9.17, 15) is 4.39 Å². The van der Waals surface area contributed by atoms with Gasteiger partial charge >= 0.3 is 0 Å². The van der Waals surface area contributed by atoms with Crippen LogP contribution in [0.4, 0.5) is 10.1 Å². The molecule has 0 unspecified atom stereocenters. The lowest BCUT2D eigenvalue weighted by atomic mass is 10.0. The SMILES string of the molecule is Nc1c(F)cccc1-c1ccc2c(c1)OCCCO2. The molecule has 2 aromatic rings. The van der Waals surface area contributed by atoms with Crippen LogP contribution in [0.15, 0.2) is 36.4 Å². The number of nitrogen functional groups attached to an aromatic ring is 1. The maximum absolute atomic E-state index is 13.5. The molecule has 0 atom stereocenters. The third-order valence-corrected chi connectivity index (χ3v) is 3.11. The number of hydrogen-bond acceptors (Lipinski definition) is 3. The number of nitrogens with two attached hydrogens (primary N) is 1. The van der Waals surface area contributed by atoms with E-state index in [1.54, 1.807) is 12.1 Å². The summed E-state index contributed by atoms with van der Waals surface area (Å²) in [5, 5.41) is 0. The molecule has 0 amide bonds. The normalized spacial score (nSPS) is 13.9. The summed E-state index contributed by atoms with van der Waals surface area (Å²) < 4.78 is 24.7. The van der Waals surface area contributed by atoms with Gasteiger partial charge < -0.3 is 15.2 Å². The minimum Gasteiger partial charge on any atom is -0.490 e. The fraction of sp³-hybridized carbons (Fsp3) is 0.200. The summed E-state index contributed by atoms with van der Waals surface area (Å²) in [7, 11) is 0. The van der Waals surface area contributed by atoms with Crippen molar-refractivity contribution in [3.05, 3.63) is 42.2 Å². The predicted octanol–water partition coefficient (Wildman–Crippen LogP) is 3.24. The highest BCUT2D eigenvalue weighted by molar-refractivity contribution is 5.78. The molecule has 19 heavy (non-hydrogen) atoms. The van der Waals surface area contributed by atoms with Crippen LogP contribution in [0.25, 0.3) is 11.1 Å².